The Kier molecular flexibility index (Phi) is 3.92. The van der Waals surface area contributed by atoms with Gasteiger partial charge in [0.1, 0.15) is 5.75 Å². The lowest BCUT2D eigenvalue weighted by molar-refractivity contribution is -0.114. The summed E-state index contributed by atoms with van der Waals surface area (Å²) >= 11 is 0. The number of hydrogen-bond donors (Lipinski definition) is 0. The second-order valence-electron chi connectivity index (χ2n) is 2.90. The Balaban J connectivity index is 2.85. The average Bonchev–Trinajstić information content (AvgIpc) is 2.26. The summed E-state index contributed by atoms with van der Waals surface area (Å²) < 4.78 is 5.15. The van der Waals surface area contributed by atoms with Crippen LogP contribution < -0.4 is 4.74 Å². The maximum absolute atomic E-state index is 11.1. The van der Waals surface area contributed by atoms with Gasteiger partial charge in [0, 0.05) is 12.0 Å². The summed E-state index contributed by atoms with van der Waals surface area (Å²) in [7, 11) is 1.62. The monoisotopic (exact) mass is 190 g/mol. The molecule has 0 bridgehead atoms. The number of ether oxygens (including phenoxy) is 1. The minimum absolute atomic E-state index is 0.121. The molecule has 0 saturated heterocycles. The molecule has 0 aliphatic rings. The van der Waals surface area contributed by atoms with E-state index >= 15 is 0 Å². The number of methoxy groups -OCH3 is 1. The number of benzene rings is 1. The third-order valence-corrected chi connectivity index (χ3v) is 1.94. The molecule has 0 spiro atoms. The average molecular weight is 190 g/mol. The Hall–Kier alpha value is -1.57. The van der Waals surface area contributed by atoms with Gasteiger partial charge < -0.3 is 4.74 Å². The Morgan fingerprint density at radius 2 is 2.14 bits per heavy atom. The van der Waals surface area contributed by atoms with E-state index in [1.165, 1.54) is 0 Å². The lowest BCUT2D eigenvalue weighted by Crippen LogP contribution is -1.89. The highest BCUT2D eigenvalue weighted by Gasteiger charge is 1.97. The van der Waals surface area contributed by atoms with E-state index in [0.29, 0.717) is 6.42 Å². The zero-order chi connectivity index (χ0) is 10.4. The first-order chi connectivity index (χ1) is 6.77. The smallest absolute Gasteiger partial charge is 0.155 e. The Morgan fingerprint density at radius 3 is 2.79 bits per heavy atom. The molecule has 0 N–H and O–H groups in total. The standard InChI is InChI=1S/C12H14O2/c1-3-11(13)9-8-10-6-4-5-7-12(10)14-2/h4-9H,3H2,1-2H3/b9-8+. The molecule has 2 nitrogen and oxygen atoms in total. The summed E-state index contributed by atoms with van der Waals surface area (Å²) in [5, 5.41) is 0. The van der Waals surface area contributed by atoms with Crippen LogP contribution in [0.1, 0.15) is 18.9 Å². The first kappa shape index (κ1) is 10.5. The number of allylic oxidation sites excluding steroid dienone is 1. The van der Waals surface area contributed by atoms with Gasteiger partial charge in [-0.1, -0.05) is 25.1 Å². The Bertz CT molecular complexity index is 340. The largest absolute Gasteiger partial charge is 0.496 e. The van der Waals surface area contributed by atoms with E-state index in [0.717, 1.165) is 11.3 Å². The van der Waals surface area contributed by atoms with Crippen molar-refractivity contribution in [3.05, 3.63) is 35.9 Å². The van der Waals surface area contributed by atoms with Crippen molar-refractivity contribution in [1.29, 1.82) is 0 Å². The molecule has 2 heteroatoms. The number of rotatable bonds is 4. The van der Waals surface area contributed by atoms with Gasteiger partial charge in [-0.15, -0.1) is 0 Å². The fraction of sp³-hybridized carbons (Fsp3) is 0.250. The Labute approximate surface area is 84.2 Å². The molecule has 0 radical (unpaired) electrons. The molecule has 0 atom stereocenters. The topological polar surface area (TPSA) is 26.3 Å². The van der Waals surface area contributed by atoms with Crippen molar-refractivity contribution in [2.75, 3.05) is 7.11 Å². The number of ketones is 1. The minimum atomic E-state index is 0.121. The molecule has 0 saturated carbocycles. The Morgan fingerprint density at radius 1 is 1.43 bits per heavy atom. The van der Waals surface area contributed by atoms with Gasteiger partial charge in [0.05, 0.1) is 7.11 Å². The van der Waals surface area contributed by atoms with Gasteiger partial charge in [0.2, 0.25) is 0 Å². The second-order valence-corrected chi connectivity index (χ2v) is 2.90. The number of hydrogen-bond acceptors (Lipinski definition) is 2. The molecule has 1 aromatic rings. The quantitative estimate of drug-likeness (QED) is 0.682. The van der Waals surface area contributed by atoms with Crippen LogP contribution in [0.25, 0.3) is 6.08 Å². The van der Waals surface area contributed by atoms with Crippen molar-refractivity contribution in [1.82, 2.24) is 0 Å². The highest BCUT2D eigenvalue weighted by atomic mass is 16.5. The molecule has 0 heterocycles. The number of para-hydroxylation sites is 1. The third kappa shape index (κ3) is 2.73. The van der Waals surface area contributed by atoms with Gasteiger partial charge in [-0.05, 0) is 18.2 Å². The summed E-state index contributed by atoms with van der Waals surface area (Å²) in [5.74, 6) is 0.906. The van der Waals surface area contributed by atoms with E-state index in [1.807, 2.05) is 31.2 Å². The molecular formula is C12H14O2. The van der Waals surface area contributed by atoms with Crippen LogP contribution in [0, 0.1) is 0 Å². The maximum Gasteiger partial charge on any atom is 0.155 e. The highest BCUT2D eigenvalue weighted by molar-refractivity contribution is 5.93. The summed E-state index contributed by atoms with van der Waals surface area (Å²) in [6.07, 6.45) is 3.90. The van der Waals surface area contributed by atoms with Crippen molar-refractivity contribution < 1.29 is 9.53 Å². The number of carbonyl (C=O) groups excluding carboxylic acids is 1. The molecule has 0 unspecified atom stereocenters. The van der Waals surface area contributed by atoms with Gasteiger partial charge in [0.25, 0.3) is 0 Å². The molecule has 0 aromatic heterocycles. The van der Waals surface area contributed by atoms with Crippen molar-refractivity contribution in [2.24, 2.45) is 0 Å². The van der Waals surface area contributed by atoms with Crippen molar-refractivity contribution in [2.45, 2.75) is 13.3 Å². The van der Waals surface area contributed by atoms with Crippen molar-refractivity contribution in [3.63, 3.8) is 0 Å². The predicted octanol–water partition coefficient (Wildman–Crippen LogP) is 2.69. The van der Waals surface area contributed by atoms with E-state index in [4.69, 9.17) is 4.74 Å². The fourth-order valence-electron chi connectivity index (χ4n) is 1.10. The first-order valence-corrected chi connectivity index (χ1v) is 4.62. The first-order valence-electron chi connectivity index (χ1n) is 4.62. The van der Waals surface area contributed by atoms with Gasteiger partial charge >= 0.3 is 0 Å². The summed E-state index contributed by atoms with van der Waals surface area (Å²) in [6, 6.07) is 7.60. The molecule has 1 rings (SSSR count). The molecule has 1 aromatic carbocycles. The lowest BCUT2D eigenvalue weighted by Gasteiger charge is -2.02. The van der Waals surface area contributed by atoms with E-state index in [9.17, 15) is 4.79 Å². The second kappa shape index (κ2) is 5.22. The van der Waals surface area contributed by atoms with Crippen LogP contribution in [0.3, 0.4) is 0 Å². The molecular weight excluding hydrogens is 176 g/mol. The fourth-order valence-corrected chi connectivity index (χ4v) is 1.10. The third-order valence-electron chi connectivity index (χ3n) is 1.94. The lowest BCUT2D eigenvalue weighted by atomic mass is 10.1. The van der Waals surface area contributed by atoms with Crippen LogP contribution in [0.15, 0.2) is 30.3 Å². The van der Waals surface area contributed by atoms with Crippen LogP contribution in [-0.2, 0) is 4.79 Å². The van der Waals surface area contributed by atoms with Gasteiger partial charge in [0.15, 0.2) is 5.78 Å². The predicted molar refractivity (Wildman–Crippen MR) is 57.3 cm³/mol. The molecule has 74 valence electrons. The zero-order valence-electron chi connectivity index (χ0n) is 8.49. The molecule has 14 heavy (non-hydrogen) atoms. The van der Waals surface area contributed by atoms with Gasteiger partial charge in [-0.25, -0.2) is 0 Å². The molecule has 0 amide bonds. The number of carbonyl (C=O) groups is 1. The van der Waals surface area contributed by atoms with E-state index < -0.39 is 0 Å². The van der Waals surface area contributed by atoms with Crippen LogP contribution in [0.5, 0.6) is 5.75 Å². The van der Waals surface area contributed by atoms with Crippen LogP contribution >= 0.6 is 0 Å². The van der Waals surface area contributed by atoms with E-state index in [-0.39, 0.29) is 5.78 Å². The van der Waals surface area contributed by atoms with Crippen LogP contribution in [0.4, 0.5) is 0 Å². The summed E-state index contributed by atoms with van der Waals surface area (Å²) in [6.45, 7) is 1.84. The SMILES string of the molecule is CCC(=O)/C=C/c1ccccc1OC. The van der Waals surface area contributed by atoms with Crippen molar-refractivity contribution >= 4 is 11.9 Å². The van der Waals surface area contributed by atoms with Gasteiger partial charge in [-0.2, -0.15) is 0 Å². The van der Waals surface area contributed by atoms with E-state index in [2.05, 4.69) is 0 Å². The zero-order valence-corrected chi connectivity index (χ0v) is 8.49. The maximum atomic E-state index is 11.1. The summed E-state index contributed by atoms with van der Waals surface area (Å²) in [4.78, 5) is 11.1. The van der Waals surface area contributed by atoms with E-state index in [1.54, 1.807) is 19.3 Å². The van der Waals surface area contributed by atoms with Crippen LogP contribution in [-0.4, -0.2) is 12.9 Å². The normalized spacial score (nSPS) is 10.4. The summed E-state index contributed by atoms with van der Waals surface area (Å²) in [5.41, 5.74) is 0.928. The van der Waals surface area contributed by atoms with Crippen molar-refractivity contribution in [3.8, 4) is 5.75 Å². The molecule has 0 fully saturated rings. The van der Waals surface area contributed by atoms with Gasteiger partial charge in [-0.3, -0.25) is 4.79 Å². The minimum Gasteiger partial charge on any atom is -0.496 e. The molecule has 0 aliphatic heterocycles. The highest BCUT2D eigenvalue weighted by Crippen LogP contribution is 2.18. The van der Waals surface area contributed by atoms with Crippen LogP contribution in [0.2, 0.25) is 0 Å². The molecule has 0 aliphatic carbocycles.